The molecule has 0 aliphatic rings. The molecule has 0 aliphatic carbocycles. The molecule has 0 heterocycles. The number of alkyl halides is 3. The van der Waals surface area contributed by atoms with Gasteiger partial charge in [-0.05, 0) is 0 Å². The quantitative estimate of drug-likeness (QED) is 0.435. The van der Waals surface area contributed by atoms with E-state index in [0.717, 1.165) is 0 Å². The Labute approximate surface area is 124 Å². The molecule has 0 N–H and O–H groups in total. The second-order valence-corrected chi connectivity index (χ2v) is 15.4. The van der Waals surface area contributed by atoms with E-state index in [-0.39, 0.29) is 0 Å². The fraction of sp³-hybridized carbons (Fsp3) is 0.667. The molecule has 0 amide bonds. The van der Waals surface area contributed by atoms with Crippen molar-refractivity contribution in [1.29, 1.82) is 0 Å². The molecule has 0 saturated heterocycles. The van der Waals surface area contributed by atoms with Crippen LogP contribution in [0.2, 0.25) is 0 Å². The molecule has 1 heteroatoms. The van der Waals surface area contributed by atoms with Crippen LogP contribution in [0.15, 0.2) is 30.3 Å². The molecule has 0 saturated carbocycles. The van der Waals surface area contributed by atoms with Gasteiger partial charge in [-0.15, -0.1) is 0 Å². The third-order valence-electron chi connectivity index (χ3n) is 3.74. The number of rotatable bonds is 10. The van der Waals surface area contributed by atoms with Crippen molar-refractivity contribution in [3.05, 3.63) is 33.9 Å². The summed E-state index contributed by atoms with van der Waals surface area (Å²) in [5.41, 5.74) is 0. The van der Waals surface area contributed by atoms with Gasteiger partial charge in [0.1, 0.15) is 0 Å². The average molecular weight is 375 g/mol. The molecule has 0 aliphatic heterocycles. The average Bonchev–Trinajstić information content (AvgIpc) is 2.48. The van der Waals surface area contributed by atoms with Crippen LogP contribution in [0.3, 0.4) is 0 Å². The molecule has 0 fully saturated rings. The third-order valence-corrected chi connectivity index (χ3v) is 15.6. The van der Waals surface area contributed by atoms with Crippen LogP contribution < -0.4 is 18.4 Å². The topological polar surface area (TPSA) is 0 Å². The monoisotopic (exact) mass is 375 g/mol. The number of benzene rings is 1. The van der Waals surface area contributed by atoms with Gasteiger partial charge in [-0.3, -0.25) is 0 Å². The molecule has 0 nitrogen and oxygen atoms in total. The number of halogens is 1. The van der Waals surface area contributed by atoms with Gasteiger partial charge in [0.15, 0.2) is 0 Å². The van der Waals surface area contributed by atoms with Crippen LogP contribution in [0.1, 0.15) is 59.3 Å². The maximum absolute atomic E-state index is 2.44. The van der Waals surface area contributed by atoms with E-state index in [1.54, 1.807) is 16.9 Å². The molecule has 0 radical (unpaired) electrons. The molecule has 0 atom stereocenters. The molecular formula is C18H32I-. The van der Waals surface area contributed by atoms with Gasteiger partial charge in [-0.1, -0.05) is 0 Å². The van der Waals surface area contributed by atoms with Crippen molar-refractivity contribution in [3.63, 3.8) is 0 Å². The maximum atomic E-state index is 2.44. The molecule has 0 spiro atoms. The van der Waals surface area contributed by atoms with Crippen LogP contribution in [-0.2, 0) is 0 Å². The van der Waals surface area contributed by atoms with Crippen molar-refractivity contribution < 1.29 is 18.4 Å². The standard InChI is InChI=1S/C18H32I/c1-4-7-15-19(16-8-5-2,17-9-6-3)18-13-11-10-12-14-18/h10-14H,4-9,15-17H2,1-3H3/q-1. The first-order chi connectivity index (χ1) is 9.29. The molecule has 1 rings (SSSR count). The van der Waals surface area contributed by atoms with Gasteiger partial charge in [-0.2, -0.15) is 0 Å². The first kappa shape index (κ1) is 17.0. The molecule has 19 heavy (non-hydrogen) atoms. The van der Waals surface area contributed by atoms with E-state index in [4.69, 9.17) is 0 Å². The molecular weight excluding hydrogens is 343 g/mol. The van der Waals surface area contributed by atoms with Crippen LogP contribution in [0.4, 0.5) is 0 Å². The summed E-state index contributed by atoms with van der Waals surface area (Å²) in [5.74, 6) is 0. The molecule has 0 unspecified atom stereocenters. The summed E-state index contributed by atoms with van der Waals surface area (Å²) in [6, 6.07) is 11.6. The van der Waals surface area contributed by atoms with E-state index in [0.29, 0.717) is 0 Å². The van der Waals surface area contributed by atoms with E-state index < -0.39 is 18.4 Å². The summed E-state index contributed by atoms with van der Waals surface area (Å²) in [4.78, 5) is 0. The SMILES string of the molecule is CCCC[I-](CCCC)(CCCC)c1ccccc1. The zero-order valence-corrected chi connectivity index (χ0v) is 15.3. The van der Waals surface area contributed by atoms with Crippen molar-refractivity contribution in [1.82, 2.24) is 0 Å². The van der Waals surface area contributed by atoms with Crippen molar-refractivity contribution in [2.24, 2.45) is 0 Å². The van der Waals surface area contributed by atoms with E-state index in [2.05, 4.69) is 51.1 Å². The summed E-state index contributed by atoms with van der Waals surface area (Å²) in [6.45, 7) is 7.03. The molecule has 0 aromatic heterocycles. The fourth-order valence-electron chi connectivity index (χ4n) is 2.46. The van der Waals surface area contributed by atoms with Gasteiger partial charge in [0.2, 0.25) is 0 Å². The fourth-order valence-corrected chi connectivity index (χ4v) is 14.6. The Kier molecular flexibility index (Phi) is 8.76. The Morgan fingerprint density at radius 2 is 1.11 bits per heavy atom. The van der Waals surface area contributed by atoms with Gasteiger partial charge in [0, 0.05) is 0 Å². The minimum absolute atomic E-state index is 1.36. The van der Waals surface area contributed by atoms with Crippen molar-refractivity contribution in [2.75, 3.05) is 13.3 Å². The summed E-state index contributed by atoms with van der Waals surface area (Å²) in [5, 5.41) is 0. The van der Waals surface area contributed by atoms with E-state index >= 15 is 0 Å². The first-order valence-electron chi connectivity index (χ1n) is 8.02. The Bertz CT molecular complexity index is 296. The predicted octanol–water partition coefficient (Wildman–Crippen LogP) is 2.42. The second kappa shape index (κ2) is 9.79. The number of unbranched alkanes of at least 4 members (excludes halogenated alkanes) is 3. The van der Waals surface area contributed by atoms with E-state index in [1.165, 1.54) is 38.5 Å². The van der Waals surface area contributed by atoms with Crippen molar-refractivity contribution >= 4 is 0 Å². The van der Waals surface area contributed by atoms with Crippen LogP contribution >= 0.6 is 0 Å². The predicted molar refractivity (Wildman–Crippen MR) is 84.5 cm³/mol. The van der Waals surface area contributed by atoms with Crippen molar-refractivity contribution in [2.45, 2.75) is 59.3 Å². The molecule has 112 valence electrons. The van der Waals surface area contributed by atoms with Gasteiger partial charge in [0.05, 0.1) is 0 Å². The Hall–Kier alpha value is -0.0500. The van der Waals surface area contributed by atoms with Crippen molar-refractivity contribution in [3.8, 4) is 0 Å². The zero-order chi connectivity index (χ0) is 14.0. The van der Waals surface area contributed by atoms with Crippen LogP contribution in [0, 0.1) is 3.57 Å². The normalized spacial score (nSPS) is 12.6. The van der Waals surface area contributed by atoms with Gasteiger partial charge in [-0.25, -0.2) is 0 Å². The van der Waals surface area contributed by atoms with Gasteiger partial charge in [0.25, 0.3) is 0 Å². The minimum atomic E-state index is -1.73. The van der Waals surface area contributed by atoms with Gasteiger partial charge >= 0.3 is 125 Å². The van der Waals surface area contributed by atoms with Gasteiger partial charge < -0.3 is 0 Å². The summed E-state index contributed by atoms with van der Waals surface area (Å²) in [6.07, 6.45) is 8.40. The number of hydrogen-bond donors (Lipinski definition) is 0. The van der Waals surface area contributed by atoms with Crippen LogP contribution in [0.5, 0.6) is 0 Å². The Morgan fingerprint density at radius 1 is 0.684 bits per heavy atom. The molecule has 1 aromatic rings. The third kappa shape index (κ3) is 5.45. The summed E-state index contributed by atoms with van der Waals surface area (Å²) in [7, 11) is 0. The van der Waals surface area contributed by atoms with E-state index in [9.17, 15) is 0 Å². The first-order valence-corrected chi connectivity index (χ1v) is 13.7. The van der Waals surface area contributed by atoms with E-state index in [1.807, 2.05) is 0 Å². The zero-order valence-electron chi connectivity index (χ0n) is 13.1. The van der Waals surface area contributed by atoms with Crippen LogP contribution in [0.25, 0.3) is 0 Å². The Morgan fingerprint density at radius 3 is 1.47 bits per heavy atom. The summed E-state index contributed by atoms with van der Waals surface area (Å²) < 4.78 is 6.41. The number of hydrogen-bond acceptors (Lipinski definition) is 0. The molecule has 0 bridgehead atoms. The van der Waals surface area contributed by atoms with Crippen LogP contribution in [-0.4, -0.2) is 13.3 Å². The molecule has 1 aromatic carbocycles. The second-order valence-electron chi connectivity index (χ2n) is 5.39. The Balaban J connectivity index is 2.94. The summed E-state index contributed by atoms with van der Waals surface area (Å²) >= 11 is -1.73.